The first-order valence-electron chi connectivity index (χ1n) is 5.74. The lowest BCUT2D eigenvalue weighted by Gasteiger charge is -2.25. The average molecular weight is 319 g/mol. The Hall–Kier alpha value is -1.13. The van der Waals surface area contributed by atoms with Crippen LogP contribution >= 0.6 is 0 Å². The maximum absolute atomic E-state index is 12.1. The number of rotatable bonds is 2. The van der Waals surface area contributed by atoms with Crippen molar-refractivity contribution < 1.29 is 22.0 Å². The quantitative estimate of drug-likeness (QED) is 0.755. The molecule has 2 N–H and O–H groups in total. The van der Waals surface area contributed by atoms with Gasteiger partial charge in [0.1, 0.15) is 5.78 Å². The minimum atomic E-state index is -3.40. The van der Waals surface area contributed by atoms with E-state index in [1.165, 1.54) is 4.31 Å². The third kappa shape index (κ3) is 5.10. The van der Waals surface area contributed by atoms with Gasteiger partial charge in [-0.15, -0.1) is 0 Å². The molecule has 1 saturated heterocycles. The van der Waals surface area contributed by atoms with Gasteiger partial charge in [0.05, 0.1) is 4.90 Å². The maximum atomic E-state index is 12.1. The van der Waals surface area contributed by atoms with E-state index < -0.39 is 21.3 Å². The van der Waals surface area contributed by atoms with Gasteiger partial charge < -0.3 is 4.55 Å². The molecule has 0 aliphatic carbocycles. The second-order valence-corrected chi connectivity index (χ2v) is 6.48. The summed E-state index contributed by atoms with van der Waals surface area (Å²) in [4.78, 5) is 11.3. The molecule has 0 amide bonds. The summed E-state index contributed by atoms with van der Waals surface area (Å²) < 4.78 is 43.2. The van der Waals surface area contributed by atoms with E-state index >= 15 is 0 Å². The molecule has 2 rings (SSSR count). The van der Waals surface area contributed by atoms with Gasteiger partial charge in [-0.25, -0.2) is 8.42 Å². The van der Waals surface area contributed by atoms with E-state index in [-0.39, 0.29) is 5.78 Å². The van der Waals surface area contributed by atoms with Crippen LogP contribution in [0.25, 0.3) is 0 Å². The van der Waals surface area contributed by atoms with Gasteiger partial charge in [-0.3, -0.25) is 14.1 Å². The number of ketones is 1. The number of Topliss-reactive ketones (excluding diaryl/α,β-unsaturated/α-hetero) is 1. The Labute approximate surface area is 120 Å². The number of nitrogens with two attached hydrogens (primary N) is 1. The molecule has 1 aromatic carbocycles. The molecule has 0 saturated carbocycles. The second kappa shape index (κ2) is 7.60. The first kappa shape index (κ1) is 16.9. The molecule has 0 bridgehead atoms. The zero-order valence-electron chi connectivity index (χ0n) is 10.6. The molecule has 112 valence electrons. The summed E-state index contributed by atoms with van der Waals surface area (Å²) in [7, 11) is -3.40. The highest BCUT2D eigenvalue weighted by Gasteiger charge is 2.27. The number of benzene rings is 1. The van der Waals surface area contributed by atoms with E-state index in [9.17, 15) is 13.2 Å². The van der Waals surface area contributed by atoms with Crippen LogP contribution in [0.2, 0.25) is 0 Å². The maximum Gasteiger partial charge on any atom is 0.243 e. The fraction of sp³-hybridized carbons (Fsp3) is 0.364. The molecule has 20 heavy (non-hydrogen) atoms. The fourth-order valence-corrected chi connectivity index (χ4v) is 3.18. The van der Waals surface area contributed by atoms with E-state index in [2.05, 4.69) is 5.14 Å². The predicted molar refractivity (Wildman–Crippen MR) is 72.5 cm³/mol. The Bertz CT molecular complexity index is 560. The summed E-state index contributed by atoms with van der Waals surface area (Å²) >= 11 is -2.36. The van der Waals surface area contributed by atoms with Crippen molar-refractivity contribution in [3.63, 3.8) is 0 Å². The van der Waals surface area contributed by atoms with E-state index in [0.29, 0.717) is 30.8 Å². The topological polar surface area (TPSA) is 121 Å². The summed E-state index contributed by atoms with van der Waals surface area (Å²) in [6.07, 6.45) is 0.651. The number of piperidine rings is 1. The lowest BCUT2D eigenvalue weighted by molar-refractivity contribution is -0.120. The molecule has 0 aromatic heterocycles. The molecule has 1 aromatic rings. The number of hydrogen-bond donors (Lipinski definition) is 1. The van der Waals surface area contributed by atoms with E-state index in [1.54, 1.807) is 30.3 Å². The molecule has 1 aliphatic rings. The zero-order chi connectivity index (χ0) is 15.2. The molecular weight excluding hydrogens is 304 g/mol. The Balaban J connectivity index is 0.000000444. The number of nitrogens with zero attached hydrogens (tertiary/aromatic N) is 1. The summed E-state index contributed by atoms with van der Waals surface area (Å²) in [6.45, 7) is 0.603. The van der Waals surface area contributed by atoms with Crippen LogP contribution in [0.5, 0.6) is 0 Å². The lowest BCUT2D eigenvalue weighted by atomic mass is 10.1. The van der Waals surface area contributed by atoms with Crippen LogP contribution in [0.15, 0.2) is 35.2 Å². The fourth-order valence-electron chi connectivity index (χ4n) is 1.72. The van der Waals surface area contributed by atoms with Gasteiger partial charge in [0.2, 0.25) is 10.0 Å². The van der Waals surface area contributed by atoms with Crippen molar-refractivity contribution in [3.05, 3.63) is 30.3 Å². The van der Waals surface area contributed by atoms with Gasteiger partial charge in [0.15, 0.2) is 0 Å². The summed E-state index contributed by atoms with van der Waals surface area (Å²) in [5.41, 5.74) is 0. The Morgan fingerprint density at radius 2 is 1.60 bits per heavy atom. The van der Waals surface area contributed by atoms with Crippen LogP contribution in [0.4, 0.5) is 0 Å². The highest BCUT2D eigenvalue weighted by Crippen LogP contribution is 2.18. The van der Waals surface area contributed by atoms with Crippen LogP contribution in [0.3, 0.4) is 0 Å². The first-order valence-corrected chi connectivity index (χ1v) is 8.32. The monoisotopic (exact) mass is 319 g/mol. The standard InChI is InChI=1S/C11H13NO3S.H3NO2S/c13-10-6-8-12(9-7-10)16(14,15)11-4-2-1-3-5-11;1-4(2)3/h1-5H,6-9H2;1H2,(H,2,3)/p-1. The molecule has 1 unspecified atom stereocenters. The molecular formula is C11H15N2O5S2-. The average Bonchev–Trinajstić information content (AvgIpc) is 2.39. The highest BCUT2D eigenvalue weighted by atomic mass is 32.2. The van der Waals surface area contributed by atoms with Crippen molar-refractivity contribution in [1.29, 1.82) is 0 Å². The summed E-state index contributed by atoms with van der Waals surface area (Å²) in [6, 6.07) is 8.32. The van der Waals surface area contributed by atoms with Crippen molar-refractivity contribution in [2.24, 2.45) is 5.14 Å². The van der Waals surface area contributed by atoms with E-state index in [4.69, 9.17) is 8.76 Å². The van der Waals surface area contributed by atoms with Crippen LogP contribution in [-0.4, -0.2) is 40.4 Å². The third-order valence-electron chi connectivity index (χ3n) is 2.66. The molecule has 9 heteroatoms. The lowest BCUT2D eigenvalue weighted by Crippen LogP contribution is -2.38. The van der Waals surface area contributed by atoms with Gasteiger partial charge in [-0.1, -0.05) is 18.2 Å². The molecule has 7 nitrogen and oxygen atoms in total. The van der Waals surface area contributed by atoms with E-state index in [1.807, 2.05) is 0 Å². The SMILES string of the molecule is NS(=O)[O-].O=C1CCN(S(=O)(=O)c2ccccc2)CC1. The van der Waals surface area contributed by atoms with Crippen molar-refractivity contribution >= 4 is 27.1 Å². The minimum absolute atomic E-state index is 0.138. The first-order chi connectivity index (χ1) is 9.34. The van der Waals surface area contributed by atoms with E-state index in [0.717, 1.165) is 0 Å². The zero-order valence-corrected chi connectivity index (χ0v) is 12.2. The molecule has 0 radical (unpaired) electrons. The molecule has 1 aliphatic heterocycles. The smallest absolute Gasteiger partial charge is 0.243 e. The van der Waals surface area contributed by atoms with Gasteiger partial charge in [0, 0.05) is 37.2 Å². The number of carbonyl (C=O) groups is 1. The van der Waals surface area contributed by atoms with Crippen LogP contribution in [-0.2, 0) is 26.1 Å². The van der Waals surface area contributed by atoms with Crippen molar-refractivity contribution in [2.45, 2.75) is 17.7 Å². The summed E-state index contributed by atoms with van der Waals surface area (Å²) in [5.74, 6) is 0.138. The highest BCUT2D eigenvalue weighted by molar-refractivity contribution is 7.89. The van der Waals surface area contributed by atoms with Crippen LogP contribution in [0.1, 0.15) is 12.8 Å². The predicted octanol–water partition coefficient (Wildman–Crippen LogP) is -0.221. The molecule has 1 fully saturated rings. The Kier molecular flexibility index (Phi) is 6.43. The number of carbonyl (C=O) groups excluding carboxylic acids is 1. The van der Waals surface area contributed by atoms with Crippen molar-refractivity contribution in [1.82, 2.24) is 4.31 Å². The summed E-state index contributed by atoms with van der Waals surface area (Å²) in [5, 5.41) is 4.03. The van der Waals surface area contributed by atoms with Crippen LogP contribution in [0, 0.1) is 0 Å². The second-order valence-electron chi connectivity index (χ2n) is 4.02. The normalized spacial score (nSPS) is 18.0. The Morgan fingerprint density at radius 3 is 2.05 bits per heavy atom. The minimum Gasteiger partial charge on any atom is -0.760 e. The number of sulfonamides is 1. The van der Waals surface area contributed by atoms with Crippen LogP contribution < -0.4 is 5.14 Å². The Morgan fingerprint density at radius 1 is 1.15 bits per heavy atom. The van der Waals surface area contributed by atoms with Crippen molar-refractivity contribution in [3.8, 4) is 0 Å². The molecule has 0 spiro atoms. The van der Waals surface area contributed by atoms with Gasteiger partial charge in [-0.2, -0.15) is 4.31 Å². The van der Waals surface area contributed by atoms with Gasteiger partial charge >= 0.3 is 0 Å². The largest absolute Gasteiger partial charge is 0.760 e. The third-order valence-corrected chi connectivity index (χ3v) is 4.57. The van der Waals surface area contributed by atoms with Gasteiger partial charge in [0.25, 0.3) is 0 Å². The van der Waals surface area contributed by atoms with Crippen molar-refractivity contribution in [2.75, 3.05) is 13.1 Å². The molecule has 1 atom stereocenters. The number of hydrogen-bond acceptors (Lipinski definition) is 5. The molecule has 1 heterocycles. The van der Waals surface area contributed by atoms with Gasteiger partial charge in [-0.05, 0) is 12.1 Å².